The number of nitrogens with one attached hydrogen (secondary N) is 1. The van der Waals surface area contributed by atoms with Crippen LogP contribution in [0.15, 0.2) is 42.5 Å². The third kappa shape index (κ3) is 4.81. The third-order valence-electron chi connectivity index (χ3n) is 8.42. The molecule has 1 saturated heterocycles. The normalized spacial score (nSPS) is 21.2. The molecule has 2 aliphatic heterocycles. The van der Waals surface area contributed by atoms with Crippen molar-refractivity contribution >= 4 is 28.4 Å². The summed E-state index contributed by atoms with van der Waals surface area (Å²) in [5.41, 5.74) is 3.25. The number of β-amino-alcohol motifs (C(OH)–C–C–N with tert-alkyl or cyclic N) is 2. The standard InChI is InChI=1S/C31H37N3O6/c1-30(2,3)27-14-19-13-21(32-29(38)31(10-11-31)20-6-9-25-26(15-20)40-18-39-25)7-8-22(19)34(27)12-4-5-28(37)33-16-23(35)24(36)17-33/h6-9,13-15,23-24,35-36H,4-5,10-12,16-18H2,1-3H3,(H,32,38)/t23-,24+. The lowest BCUT2D eigenvalue weighted by Gasteiger charge is -2.22. The smallest absolute Gasteiger partial charge is 0.235 e. The first-order valence-corrected chi connectivity index (χ1v) is 14.0. The van der Waals surface area contributed by atoms with Crippen LogP contribution < -0.4 is 14.8 Å². The molecule has 2 aromatic carbocycles. The first-order chi connectivity index (χ1) is 19.0. The first-order valence-electron chi connectivity index (χ1n) is 14.0. The van der Waals surface area contributed by atoms with Gasteiger partial charge in [0.25, 0.3) is 0 Å². The van der Waals surface area contributed by atoms with Crippen molar-refractivity contribution in [2.45, 2.75) is 76.0 Å². The van der Waals surface area contributed by atoms with Gasteiger partial charge in [-0.3, -0.25) is 9.59 Å². The number of anilines is 1. The van der Waals surface area contributed by atoms with Crippen LogP contribution >= 0.6 is 0 Å². The van der Waals surface area contributed by atoms with Crippen LogP contribution in [0.3, 0.4) is 0 Å². The number of aryl methyl sites for hydroxylation is 1. The second-order valence-electron chi connectivity index (χ2n) is 12.3. The number of likely N-dealkylation sites (tertiary alicyclic amines) is 1. The van der Waals surface area contributed by atoms with Gasteiger partial charge in [-0.1, -0.05) is 26.8 Å². The second-order valence-corrected chi connectivity index (χ2v) is 12.3. The molecule has 0 spiro atoms. The van der Waals surface area contributed by atoms with Gasteiger partial charge in [0.2, 0.25) is 18.6 Å². The highest BCUT2D eigenvalue weighted by Gasteiger charge is 2.51. The van der Waals surface area contributed by atoms with E-state index in [2.05, 4.69) is 36.7 Å². The topological polar surface area (TPSA) is 113 Å². The van der Waals surface area contributed by atoms with Crippen molar-refractivity contribution < 1.29 is 29.3 Å². The van der Waals surface area contributed by atoms with E-state index in [0.717, 1.165) is 40.7 Å². The Morgan fingerprint density at radius 3 is 2.42 bits per heavy atom. The Kier molecular flexibility index (Phi) is 6.54. The number of carbonyl (C=O) groups excluding carboxylic acids is 2. The quantitative estimate of drug-likeness (QED) is 0.416. The van der Waals surface area contributed by atoms with E-state index in [1.54, 1.807) is 4.90 Å². The number of fused-ring (bicyclic) bond motifs is 2. The summed E-state index contributed by atoms with van der Waals surface area (Å²) in [5, 5.41) is 23.7. The lowest BCUT2D eigenvalue weighted by Crippen LogP contribution is -2.29. The van der Waals surface area contributed by atoms with Crippen LogP contribution in [-0.2, 0) is 27.0 Å². The van der Waals surface area contributed by atoms with Gasteiger partial charge in [-0.05, 0) is 61.2 Å². The van der Waals surface area contributed by atoms with Gasteiger partial charge in [0.1, 0.15) is 0 Å². The fourth-order valence-corrected chi connectivity index (χ4v) is 5.95. The molecule has 3 aromatic rings. The molecule has 6 rings (SSSR count). The number of amides is 2. The molecular weight excluding hydrogens is 510 g/mol. The molecule has 9 heteroatoms. The zero-order valence-corrected chi connectivity index (χ0v) is 23.3. The number of nitrogens with zero attached hydrogens (tertiary/aromatic N) is 2. The van der Waals surface area contributed by atoms with Crippen LogP contribution in [0, 0.1) is 0 Å². The van der Waals surface area contributed by atoms with Crippen LogP contribution in [0.4, 0.5) is 5.69 Å². The number of aromatic nitrogens is 1. The van der Waals surface area contributed by atoms with E-state index in [0.29, 0.717) is 30.9 Å². The number of aliphatic hydroxyl groups is 2. The van der Waals surface area contributed by atoms with Crippen molar-refractivity contribution in [3.8, 4) is 11.5 Å². The van der Waals surface area contributed by atoms with E-state index in [9.17, 15) is 19.8 Å². The molecule has 0 radical (unpaired) electrons. The van der Waals surface area contributed by atoms with Gasteiger partial charge in [0.05, 0.1) is 17.6 Å². The maximum atomic E-state index is 13.5. The minimum absolute atomic E-state index is 0.0168. The molecule has 212 valence electrons. The Morgan fingerprint density at radius 2 is 1.73 bits per heavy atom. The Labute approximate surface area is 233 Å². The summed E-state index contributed by atoms with van der Waals surface area (Å²) in [4.78, 5) is 27.6. The second kappa shape index (κ2) is 9.82. The SMILES string of the molecule is CC(C)(C)c1cc2cc(NC(=O)C3(c4ccc5c(c4)OCO5)CC3)ccc2n1CCCC(=O)N1C[C@@H](O)[C@@H](O)C1. The van der Waals surface area contributed by atoms with Crippen molar-refractivity contribution in [2.24, 2.45) is 0 Å². The summed E-state index contributed by atoms with van der Waals surface area (Å²) in [6.07, 6.45) is 0.834. The Hall–Kier alpha value is -3.56. The van der Waals surface area contributed by atoms with Crippen molar-refractivity contribution in [3.63, 3.8) is 0 Å². The highest BCUT2D eigenvalue weighted by atomic mass is 16.7. The summed E-state index contributed by atoms with van der Waals surface area (Å²) in [5.74, 6) is 1.33. The number of carbonyl (C=O) groups is 2. The van der Waals surface area contributed by atoms with E-state index in [-0.39, 0.29) is 37.1 Å². The monoisotopic (exact) mass is 547 g/mol. The molecule has 3 heterocycles. The molecule has 0 bridgehead atoms. The van der Waals surface area contributed by atoms with E-state index in [1.807, 2.05) is 36.4 Å². The molecular formula is C31H37N3O6. The fourth-order valence-electron chi connectivity index (χ4n) is 5.95. The predicted molar refractivity (Wildman–Crippen MR) is 151 cm³/mol. The molecule has 2 fully saturated rings. The van der Waals surface area contributed by atoms with Crippen LogP contribution in [0.5, 0.6) is 11.5 Å². The van der Waals surface area contributed by atoms with E-state index in [1.165, 1.54) is 0 Å². The number of ether oxygens (including phenoxy) is 2. The highest BCUT2D eigenvalue weighted by Crippen LogP contribution is 2.51. The molecule has 2 atom stereocenters. The van der Waals surface area contributed by atoms with Gasteiger partial charge in [0.15, 0.2) is 11.5 Å². The van der Waals surface area contributed by atoms with Crippen molar-refractivity contribution in [1.29, 1.82) is 0 Å². The number of hydrogen-bond donors (Lipinski definition) is 3. The highest BCUT2D eigenvalue weighted by molar-refractivity contribution is 6.02. The summed E-state index contributed by atoms with van der Waals surface area (Å²) in [6, 6.07) is 13.9. The Balaban J connectivity index is 1.18. The molecule has 40 heavy (non-hydrogen) atoms. The van der Waals surface area contributed by atoms with E-state index >= 15 is 0 Å². The Morgan fingerprint density at radius 1 is 1.00 bits per heavy atom. The summed E-state index contributed by atoms with van der Waals surface area (Å²) in [6.45, 7) is 7.74. The van der Waals surface area contributed by atoms with Crippen LogP contribution in [0.25, 0.3) is 10.9 Å². The predicted octanol–water partition coefficient (Wildman–Crippen LogP) is 3.68. The number of hydrogen-bond acceptors (Lipinski definition) is 6. The van der Waals surface area contributed by atoms with Gasteiger partial charge in [-0.2, -0.15) is 0 Å². The molecule has 1 saturated carbocycles. The minimum atomic E-state index is -0.869. The number of rotatable bonds is 7. The molecule has 3 N–H and O–H groups in total. The average Bonchev–Trinajstić information content (AvgIpc) is 3.26. The maximum absolute atomic E-state index is 13.5. The maximum Gasteiger partial charge on any atom is 0.235 e. The minimum Gasteiger partial charge on any atom is -0.454 e. The summed E-state index contributed by atoms with van der Waals surface area (Å²) < 4.78 is 13.2. The van der Waals surface area contributed by atoms with Gasteiger partial charge in [-0.15, -0.1) is 0 Å². The molecule has 1 aromatic heterocycles. The summed E-state index contributed by atoms with van der Waals surface area (Å²) >= 11 is 0. The van der Waals surface area contributed by atoms with Gasteiger partial charge in [0, 0.05) is 53.8 Å². The zero-order valence-electron chi connectivity index (χ0n) is 23.3. The van der Waals surface area contributed by atoms with Gasteiger partial charge < -0.3 is 34.5 Å². The first kappa shape index (κ1) is 26.7. The van der Waals surface area contributed by atoms with Crippen molar-refractivity contribution in [2.75, 3.05) is 25.2 Å². The molecule has 9 nitrogen and oxygen atoms in total. The number of benzene rings is 2. The van der Waals surface area contributed by atoms with Gasteiger partial charge in [-0.25, -0.2) is 0 Å². The van der Waals surface area contributed by atoms with Crippen LogP contribution in [-0.4, -0.2) is 63.6 Å². The lowest BCUT2D eigenvalue weighted by atomic mass is 9.92. The average molecular weight is 548 g/mol. The van der Waals surface area contributed by atoms with Crippen LogP contribution in [0.1, 0.15) is 57.7 Å². The molecule has 3 aliphatic rings. The molecule has 2 amide bonds. The zero-order chi connectivity index (χ0) is 28.2. The van der Waals surface area contributed by atoms with E-state index in [4.69, 9.17) is 9.47 Å². The van der Waals surface area contributed by atoms with Crippen molar-refractivity contribution in [3.05, 3.63) is 53.7 Å². The Bertz CT molecular complexity index is 1460. The molecule has 0 unspecified atom stereocenters. The third-order valence-corrected chi connectivity index (χ3v) is 8.42. The fraction of sp³-hybridized carbons (Fsp3) is 0.484. The van der Waals surface area contributed by atoms with Crippen molar-refractivity contribution in [1.82, 2.24) is 9.47 Å². The number of aliphatic hydroxyl groups excluding tert-OH is 2. The van der Waals surface area contributed by atoms with Crippen LogP contribution in [0.2, 0.25) is 0 Å². The summed E-state index contributed by atoms with van der Waals surface area (Å²) in [7, 11) is 0. The van der Waals surface area contributed by atoms with Gasteiger partial charge >= 0.3 is 0 Å². The largest absolute Gasteiger partial charge is 0.454 e. The van der Waals surface area contributed by atoms with E-state index < -0.39 is 17.6 Å². The lowest BCUT2D eigenvalue weighted by molar-refractivity contribution is -0.130. The molecule has 1 aliphatic carbocycles.